The van der Waals surface area contributed by atoms with E-state index in [0.29, 0.717) is 10.7 Å². The van der Waals surface area contributed by atoms with Crippen molar-refractivity contribution in [3.05, 3.63) is 47.0 Å². The lowest BCUT2D eigenvalue weighted by Crippen LogP contribution is -3.10. The van der Waals surface area contributed by atoms with Crippen molar-refractivity contribution in [1.29, 1.82) is 0 Å². The van der Waals surface area contributed by atoms with Crippen LogP contribution in [0.1, 0.15) is 40.9 Å². The van der Waals surface area contributed by atoms with E-state index in [1.54, 1.807) is 16.2 Å². The number of rotatable bonds is 4. The lowest BCUT2D eigenvalue weighted by atomic mass is 10.2. The molecule has 0 bridgehead atoms. The normalized spacial score (nSPS) is 16.2. The summed E-state index contributed by atoms with van der Waals surface area (Å²) in [4.78, 5) is 19.3. The summed E-state index contributed by atoms with van der Waals surface area (Å²) in [5.74, 6) is -0.0939. The molecule has 1 fully saturated rings. The number of anilines is 1. The van der Waals surface area contributed by atoms with Crippen LogP contribution in [0.5, 0.6) is 0 Å². The van der Waals surface area contributed by atoms with Crippen molar-refractivity contribution in [2.45, 2.75) is 32.2 Å². The van der Waals surface area contributed by atoms with Gasteiger partial charge in [0.25, 0.3) is 5.91 Å². The standard InChI is InChI=1S/C17H21N3OS/c21-16(14-8-4-3-5-9-14)19-17-18-12-15(22-17)13-20-10-6-1-2-7-11-20/h3-5,8-9,12H,1-2,6-7,10-11,13H2,(H,18,19,21)/p+1. The Kier molecular flexibility index (Phi) is 5.19. The summed E-state index contributed by atoms with van der Waals surface area (Å²) in [5, 5.41) is 3.58. The Morgan fingerprint density at radius 2 is 1.86 bits per heavy atom. The first-order valence-corrected chi connectivity index (χ1v) is 8.77. The minimum atomic E-state index is -0.0939. The molecule has 1 aliphatic rings. The summed E-state index contributed by atoms with van der Waals surface area (Å²) in [6.45, 7) is 3.53. The average molecular weight is 316 g/mol. The Morgan fingerprint density at radius 1 is 1.14 bits per heavy atom. The number of carbonyl (C=O) groups is 1. The Morgan fingerprint density at radius 3 is 2.59 bits per heavy atom. The summed E-state index contributed by atoms with van der Waals surface area (Å²) < 4.78 is 0. The number of amides is 1. The largest absolute Gasteiger partial charge is 0.330 e. The van der Waals surface area contributed by atoms with Gasteiger partial charge in [0.1, 0.15) is 6.54 Å². The van der Waals surface area contributed by atoms with Gasteiger partial charge in [-0.1, -0.05) is 29.5 Å². The van der Waals surface area contributed by atoms with E-state index in [9.17, 15) is 4.79 Å². The summed E-state index contributed by atoms with van der Waals surface area (Å²) >= 11 is 1.59. The SMILES string of the molecule is O=C(Nc1ncc(C[NH+]2CCCCCC2)s1)c1ccccc1. The number of aromatic nitrogens is 1. The predicted octanol–water partition coefficient (Wildman–Crippen LogP) is 2.35. The van der Waals surface area contributed by atoms with Gasteiger partial charge in [-0.3, -0.25) is 10.1 Å². The van der Waals surface area contributed by atoms with Crippen LogP contribution in [-0.2, 0) is 6.54 Å². The molecule has 0 aliphatic carbocycles. The number of nitrogens with zero attached hydrogens (tertiary/aromatic N) is 1. The number of thiazole rings is 1. The smallest absolute Gasteiger partial charge is 0.257 e. The highest BCUT2D eigenvalue weighted by molar-refractivity contribution is 7.15. The van der Waals surface area contributed by atoms with Gasteiger partial charge in [-0.05, 0) is 37.8 Å². The van der Waals surface area contributed by atoms with E-state index in [1.807, 2.05) is 36.5 Å². The van der Waals surface area contributed by atoms with Crippen molar-refractivity contribution >= 4 is 22.4 Å². The highest BCUT2D eigenvalue weighted by Gasteiger charge is 2.15. The summed E-state index contributed by atoms with van der Waals surface area (Å²) in [5.41, 5.74) is 0.664. The zero-order valence-electron chi connectivity index (χ0n) is 12.7. The van der Waals surface area contributed by atoms with Crippen LogP contribution in [0.3, 0.4) is 0 Å². The topological polar surface area (TPSA) is 46.4 Å². The maximum Gasteiger partial charge on any atom is 0.257 e. The number of nitrogens with one attached hydrogen (secondary N) is 2. The Bertz CT molecular complexity index is 603. The average Bonchev–Trinajstić information content (AvgIpc) is 2.81. The highest BCUT2D eigenvalue weighted by atomic mass is 32.1. The zero-order valence-corrected chi connectivity index (χ0v) is 13.5. The fraction of sp³-hybridized carbons (Fsp3) is 0.412. The number of benzene rings is 1. The first kappa shape index (κ1) is 15.2. The molecule has 2 heterocycles. The van der Waals surface area contributed by atoms with Crippen molar-refractivity contribution in [3.63, 3.8) is 0 Å². The molecular weight excluding hydrogens is 294 g/mol. The molecule has 1 aliphatic heterocycles. The molecule has 0 unspecified atom stereocenters. The third-order valence-corrected chi connectivity index (χ3v) is 4.96. The maximum atomic E-state index is 12.1. The maximum absolute atomic E-state index is 12.1. The van der Waals surface area contributed by atoms with Crippen LogP contribution in [-0.4, -0.2) is 24.0 Å². The van der Waals surface area contributed by atoms with Crippen LogP contribution >= 0.6 is 11.3 Å². The fourth-order valence-electron chi connectivity index (χ4n) is 2.86. The molecule has 3 rings (SSSR count). The second-order valence-electron chi connectivity index (χ2n) is 5.79. The van der Waals surface area contributed by atoms with Crippen LogP contribution in [0, 0.1) is 0 Å². The van der Waals surface area contributed by atoms with E-state index < -0.39 is 0 Å². The Hall–Kier alpha value is -1.72. The third-order valence-electron chi connectivity index (χ3n) is 4.04. The van der Waals surface area contributed by atoms with Crippen molar-refractivity contribution in [1.82, 2.24) is 4.98 Å². The van der Waals surface area contributed by atoms with E-state index >= 15 is 0 Å². The quantitative estimate of drug-likeness (QED) is 0.909. The third kappa shape index (κ3) is 4.15. The second kappa shape index (κ2) is 7.51. The van der Waals surface area contributed by atoms with Gasteiger partial charge in [0.05, 0.1) is 18.0 Å². The molecule has 1 aromatic carbocycles. The van der Waals surface area contributed by atoms with Gasteiger partial charge >= 0.3 is 0 Å². The predicted molar refractivity (Wildman–Crippen MR) is 89.4 cm³/mol. The molecule has 2 N–H and O–H groups in total. The summed E-state index contributed by atoms with van der Waals surface area (Å²) in [6, 6.07) is 9.26. The number of quaternary nitrogens is 1. The van der Waals surface area contributed by atoms with Crippen molar-refractivity contribution in [3.8, 4) is 0 Å². The van der Waals surface area contributed by atoms with Crippen LogP contribution in [0.15, 0.2) is 36.5 Å². The van der Waals surface area contributed by atoms with E-state index in [4.69, 9.17) is 0 Å². The molecular formula is C17H22N3OS+. The molecule has 1 aromatic heterocycles. The van der Waals surface area contributed by atoms with Crippen LogP contribution in [0.2, 0.25) is 0 Å². The zero-order chi connectivity index (χ0) is 15.2. The van der Waals surface area contributed by atoms with Crippen molar-refractivity contribution < 1.29 is 9.69 Å². The molecule has 116 valence electrons. The molecule has 4 nitrogen and oxygen atoms in total. The van der Waals surface area contributed by atoms with Gasteiger partial charge in [0.2, 0.25) is 0 Å². The van der Waals surface area contributed by atoms with Crippen LogP contribution < -0.4 is 10.2 Å². The van der Waals surface area contributed by atoms with Gasteiger partial charge in [-0.25, -0.2) is 4.98 Å². The van der Waals surface area contributed by atoms with Gasteiger partial charge in [-0.2, -0.15) is 0 Å². The molecule has 0 atom stereocenters. The van der Waals surface area contributed by atoms with E-state index in [1.165, 1.54) is 43.6 Å². The second-order valence-corrected chi connectivity index (χ2v) is 6.91. The fourth-order valence-corrected chi connectivity index (χ4v) is 3.74. The van der Waals surface area contributed by atoms with Gasteiger partial charge in [-0.15, -0.1) is 0 Å². The molecule has 1 amide bonds. The van der Waals surface area contributed by atoms with E-state index in [-0.39, 0.29) is 5.91 Å². The monoisotopic (exact) mass is 316 g/mol. The van der Waals surface area contributed by atoms with Crippen molar-refractivity contribution in [2.75, 3.05) is 18.4 Å². The lowest BCUT2D eigenvalue weighted by molar-refractivity contribution is -0.912. The molecule has 2 aromatic rings. The van der Waals surface area contributed by atoms with Gasteiger partial charge < -0.3 is 4.90 Å². The number of likely N-dealkylation sites (tertiary alicyclic amines) is 1. The molecule has 0 spiro atoms. The molecule has 0 radical (unpaired) electrons. The van der Waals surface area contributed by atoms with E-state index in [2.05, 4.69) is 10.3 Å². The summed E-state index contributed by atoms with van der Waals surface area (Å²) in [7, 11) is 0. The van der Waals surface area contributed by atoms with Gasteiger partial charge in [0.15, 0.2) is 5.13 Å². The van der Waals surface area contributed by atoms with Crippen molar-refractivity contribution in [2.24, 2.45) is 0 Å². The number of hydrogen-bond acceptors (Lipinski definition) is 3. The first-order chi connectivity index (χ1) is 10.8. The number of carbonyl (C=O) groups excluding carboxylic acids is 1. The van der Waals surface area contributed by atoms with E-state index in [0.717, 1.165) is 6.54 Å². The molecule has 1 saturated heterocycles. The van der Waals surface area contributed by atoms with Gasteiger partial charge in [0, 0.05) is 11.8 Å². The minimum Gasteiger partial charge on any atom is -0.330 e. The minimum absolute atomic E-state index is 0.0939. The Labute approximate surface area is 135 Å². The molecule has 5 heteroatoms. The summed E-state index contributed by atoms with van der Waals surface area (Å²) in [6.07, 6.45) is 7.29. The first-order valence-electron chi connectivity index (χ1n) is 7.96. The Balaban J connectivity index is 1.58. The van der Waals surface area contributed by atoms with Crippen LogP contribution in [0.25, 0.3) is 0 Å². The lowest BCUT2D eigenvalue weighted by Gasteiger charge is -2.15. The van der Waals surface area contributed by atoms with Crippen LogP contribution in [0.4, 0.5) is 5.13 Å². The highest BCUT2D eigenvalue weighted by Crippen LogP contribution is 2.18. The molecule has 22 heavy (non-hydrogen) atoms. The molecule has 0 saturated carbocycles. The number of hydrogen-bond donors (Lipinski definition) is 2.